The van der Waals surface area contributed by atoms with Crippen LogP contribution in [0.3, 0.4) is 0 Å². The number of rotatable bonds is 0. The lowest BCUT2D eigenvalue weighted by atomic mass is 9.79. The Morgan fingerprint density at radius 2 is 2.25 bits per heavy atom. The first-order valence-electron chi connectivity index (χ1n) is 4.72. The zero-order chi connectivity index (χ0) is 8.55. The van der Waals surface area contributed by atoms with E-state index in [1.165, 1.54) is 5.57 Å². The maximum Gasteiger partial charge on any atom is 0.162 e. The van der Waals surface area contributed by atoms with Gasteiger partial charge in [-0.2, -0.15) is 0 Å². The molecule has 64 valence electrons. The molecule has 0 fully saturated rings. The fraction of sp³-hybridized carbons (Fsp3) is 0.545. The number of carbonyl (C=O) groups is 1. The van der Waals surface area contributed by atoms with Crippen molar-refractivity contribution >= 4 is 5.78 Å². The molecular weight excluding hydrogens is 148 g/mol. The average molecular weight is 162 g/mol. The van der Waals surface area contributed by atoms with Crippen LogP contribution >= 0.6 is 0 Å². The van der Waals surface area contributed by atoms with Gasteiger partial charge >= 0.3 is 0 Å². The molecule has 0 aromatic heterocycles. The Hall–Kier alpha value is -0.850. The van der Waals surface area contributed by atoms with Crippen molar-refractivity contribution < 1.29 is 4.79 Å². The Balaban J connectivity index is 2.39. The number of ketones is 1. The highest BCUT2D eigenvalue weighted by Crippen LogP contribution is 2.33. The maximum absolute atomic E-state index is 11.5. The lowest BCUT2D eigenvalue weighted by molar-refractivity contribution is -0.115. The van der Waals surface area contributed by atoms with Crippen molar-refractivity contribution in [2.45, 2.75) is 32.6 Å². The van der Waals surface area contributed by atoms with Gasteiger partial charge in [0.25, 0.3) is 0 Å². The summed E-state index contributed by atoms with van der Waals surface area (Å²) >= 11 is 0. The quantitative estimate of drug-likeness (QED) is 0.535. The van der Waals surface area contributed by atoms with Crippen LogP contribution in [0.5, 0.6) is 0 Å². The summed E-state index contributed by atoms with van der Waals surface area (Å²) in [5.41, 5.74) is 2.44. The van der Waals surface area contributed by atoms with Crippen LogP contribution in [0.1, 0.15) is 32.6 Å². The van der Waals surface area contributed by atoms with Crippen molar-refractivity contribution in [3.63, 3.8) is 0 Å². The Morgan fingerprint density at radius 3 is 3.00 bits per heavy atom. The van der Waals surface area contributed by atoms with Crippen LogP contribution in [-0.2, 0) is 4.79 Å². The fourth-order valence-electron chi connectivity index (χ4n) is 2.13. The highest BCUT2D eigenvalue weighted by Gasteiger charge is 2.23. The molecular formula is C11H14O. The van der Waals surface area contributed by atoms with Crippen molar-refractivity contribution in [2.24, 2.45) is 5.92 Å². The van der Waals surface area contributed by atoms with Crippen LogP contribution in [0.4, 0.5) is 0 Å². The van der Waals surface area contributed by atoms with Crippen LogP contribution < -0.4 is 0 Å². The van der Waals surface area contributed by atoms with E-state index in [1.54, 1.807) is 0 Å². The lowest BCUT2D eigenvalue weighted by Gasteiger charge is -2.25. The van der Waals surface area contributed by atoms with E-state index in [0.29, 0.717) is 11.7 Å². The fourth-order valence-corrected chi connectivity index (χ4v) is 2.13. The van der Waals surface area contributed by atoms with Crippen LogP contribution in [-0.4, -0.2) is 5.78 Å². The molecule has 1 heteroatoms. The Bertz CT molecular complexity index is 271. The SMILES string of the molecule is CC1CC=CC2=C1CCCC2=O. The van der Waals surface area contributed by atoms with Crippen molar-refractivity contribution in [1.82, 2.24) is 0 Å². The number of allylic oxidation sites excluding steroid dienone is 4. The molecule has 0 aliphatic heterocycles. The first-order chi connectivity index (χ1) is 5.79. The van der Waals surface area contributed by atoms with Gasteiger partial charge in [0, 0.05) is 12.0 Å². The van der Waals surface area contributed by atoms with Gasteiger partial charge in [-0.25, -0.2) is 0 Å². The molecule has 0 aromatic carbocycles. The van der Waals surface area contributed by atoms with Gasteiger partial charge in [0.15, 0.2) is 5.78 Å². The molecule has 0 heterocycles. The molecule has 1 unspecified atom stereocenters. The van der Waals surface area contributed by atoms with E-state index in [2.05, 4.69) is 13.0 Å². The summed E-state index contributed by atoms with van der Waals surface area (Å²) in [4.78, 5) is 11.5. The van der Waals surface area contributed by atoms with Gasteiger partial charge in [-0.05, 0) is 25.2 Å². The van der Waals surface area contributed by atoms with Crippen LogP contribution in [0, 0.1) is 5.92 Å². The lowest BCUT2D eigenvalue weighted by Crippen LogP contribution is -2.16. The number of hydrogen-bond donors (Lipinski definition) is 0. The minimum atomic E-state index is 0.360. The summed E-state index contributed by atoms with van der Waals surface area (Å²) < 4.78 is 0. The predicted molar refractivity (Wildman–Crippen MR) is 48.8 cm³/mol. The van der Waals surface area contributed by atoms with E-state index in [0.717, 1.165) is 31.3 Å². The molecule has 0 bridgehead atoms. The highest BCUT2D eigenvalue weighted by molar-refractivity contribution is 5.99. The van der Waals surface area contributed by atoms with Gasteiger partial charge in [-0.1, -0.05) is 24.6 Å². The van der Waals surface area contributed by atoms with Crippen molar-refractivity contribution in [3.8, 4) is 0 Å². The Kier molecular flexibility index (Phi) is 1.87. The van der Waals surface area contributed by atoms with Gasteiger partial charge in [-0.15, -0.1) is 0 Å². The molecule has 12 heavy (non-hydrogen) atoms. The van der Waals surface area contributed by atoms with Crippen molar-refractivity contribution in [2.75, 3.05) is 0 Å². The molecule has 0 saturated carbocycles. The van der Waals surface area contributed by atoms with E-state index in [-0.39, 0.29) is 0 Å². The minimum absolute atomic E-state index is 0.360. The van der Waals surface area contributed by atoms with Crippen molar-refractivity contribution in [1.29, 1.82) is 0 Å². The maximum atomic E-state index is 11.5. The van der Waals surface area contributed by atoms with E-state index < -0.39 is 0 Å². The van der Waals surface area contributed by atoms with Crippen LogP contribution in [0.25, 0.3) is 0 Å². The molecule has 0 amide bonds. The summed E-state index contributed by atoms with van der Waals surface area (Å²) in [7, 11) is 0. The zero-order valence-corrected chi connectivity index (χ0v) is 7.47. The summed E-state index contributed by atoms with van der Waals surface area (Å²) in [6, 6.07) is 0. The predicted octanol–water partition coefficient (Wildman–Crippen LogP) is 2.63. The van der Waals surface area contributed by atoms with E-state index in [9.17, 15) is 4.79 Å². The summed E-state index contributed by atoms with van der Waals surface area (Å²) in [5, 5.41) is 0. The second kappa shape index (κ2) is 2.89. The number of carbonyl (C=O) groups excluding carboxylic acids is 1. The Labute approximate surface area is 73.2 Å². The highest BCUT2D eigenvalue weighted by atomic mass is 16.1. The second-order valence-corrected chi connectivity index (χ2v) is 3.75. The van der Waals surface area contributed by atoms with E-state index in [1.807, 2.05) is 6.08 Å². The standard InChI is InChI=1S/C11H14O/c1-8-4-2-6-10-9(8)5-3-7-11(10)12/h2,6,8H,3-5,7H2,1H3. The molecule has 1 atom stereocenters. The first kappa shape index (κ1) is 7.78. The molecule has 2 aliphatic carbocycles. The molecule has 1 nitrogen and oxygen atoms in total. The largest absolute Gasteiger partial charge is 0.294 e. The summed E-state index contributed by atoms with van der Waals surface area (Å²) in [6.07, 6.45) is 8.24. The molecule has 2 rings (SSSR count). The second-order valence-electron chi connectivity index (χ2n) is 3.75. The van der Waals surface area contributed by atoms with Gasteiger partial charge in [0.05, 0.1) is 0 Å². The summed E-state index contributed by atoms with van der Waals surface area (Å²) in [5.74, 6) is 0.966. The normalized spacial score (nSPS) is 29.1. The van der Waals surface area contributed by atoms with Gasteiger partial charge in [0.2, 0.25) is 0 Å². The molecule has 0 N–H and O–H groups in total. The zero-order valence-electron chi connectivity index (χ0n) is 7.47. The molecule has 0 radical (unpaired) electrons. The van der Waals surface area contributed by atoms with Gasteiger partial charge in [0.1, 0.15) is 0 Å². The molecule has 0 aromatic rings. The molecule has 0 spiro atoms. The van der Waals surface area contributed by atoms with Gasteiger partial charge < -0.3 is 0 Å². The third-order valence-corrected chi connectivity index (χ3v) is 2.87. The van der Waals surface area contributed by atoms with E-state index in [4.69, 9.17) is 0 Å². The monoisotopic (exact) mass is 162 g/mol. The molecule has 0 saturated heterocycles. The van der Waals surface area contributed by atoms with Gasteiger partial charge in [-0.3, -0.25) is 4.79 Å². The third-order valence-electron chi connectivity index (χ3n) is 2.87. The topological polar surface area (TPSA) is 17.1 Å². The first-order valence-corrected chi connectivity index (χ1v) is 4.72. The number of hydrogen-bond acceptors (Lipinski definition) is 1. The Morgan fingerprint density at radius 1 is 1.42 bits per heavy atom. The van der Waals surface area contributed by atoms with Crippen molar-refractivity contribution in [3.05, 3.63) is 23.3 Å². The van der Waals surface area contributed by atoms with Crippen LogP contribution in [0.15, 0.2) is 23.3 Å². The minimum Gasteiger partial charge on any atom is -0.294 e. The summed E-state index contributed by atoms with van der Waals surface area (Å²) in [6.45, 7) is 2.22. The third kappa shape index (κ3) is 1.13. The number of Topliss-reactive ketones (excluding diaryl/α,β-unsaturated/α-hetero) is 1. The average Bonchev–Trinajstić information content (AvgIpc) is 2.07. The molecule has 2 aliphatic rings. The van der Waals surface area contributed by atoms with Crippen LogP contribution in [0.2, 0.25) is 0 Å². The smallest absolute Gasteiger partial charge is 0.162 e. The van der Waals surface area contributed by atoms with E-state index >= 15 is 0 Å².